The average molecular weight is 351 g/mol. The second-order valence-corrected chi connectivity index (χ2v) is 7.40. The average Bonchev–Trinajstić information content (AvgIpc) is 2.67. The normalized spacial score (nSPS) is 17.5. The maximum atomic E-state index is 12.9. The van der Waals surface area contributed by atoms with Gasteiger partial charge in [-0.2, -0.15) is 0 Å². The molecule has 0 saturated carbocycles. The predicted octanol–water partition coefficient (Wildman–Crippen LogP) is 3.83. The molecule has 2 heterocycles. The van der Waals surface area contributed by atoms with Crippen molar-refractivity contribution in [2.75, 3.05) is 20.6 Å². The van der Waals surface area contributed by atoms with E-state index in [9.17, 15) is 4.79 Å². The molecule has 1 aromatic heterocycles. The summed E-state index contributed by atoms with van der Waals surface area (Å²) in [4.78, 5) is 21.5. The number of rotatable bonds is 6. The number of benzene rings is 1. The molecule has 1 atom stereocenters. The van der Waals surface area contributed by atoms with Crippen LogP contribution in [0.2, 0.25) is 0 Å². The van der Waals surface area contributed by atoms with E-state index in [0.717, 1.165) is 31.6 Å². The van der Waals surface area contributed by atoms with Crippen LogP contribution in [0.3, 0.4) is 0 Å². The van der Waals surface area contributed by atoms with Crippen LogP contribution in [-0.2, 0) is 17.8 Å². The minimum atomic E-state index is 0.216. The van der Waals surface area contributed by atoms with E-state index in [-0.39, 0.29) is 11.9 Å². The van der Waals surface area contributed by atoms with Crippen molar-refractivity contribution in [1.29, 1.82) is 0 Å². The molecule has 0 radical (unpaired) electrons. The molecule has 4 heteroatoms. The Morgan fingerprint density at radius 2 is 1.96 bits per heavy atom. The predicted molar refractivity (Wildman–Crippen MR) is 105 cm³/mol. The molecule has 1 fully saturated rings. The summed E-state index contributed by atoms with van der Waals surface area (Å²) in [5.74, 6) is 0.248. The maximum Gasteiger partial charge on any atom is 0.223 e. The van der Waals surface area contributed by atoms with Crippen LogP contribution in [0.15, 0.2) is 48.7 Å². The number of pyridine rings is 1. The van der Waals surface area contributed by atoms with Crippen LogP contribution in [0.5, 0.6) is 0 Å². The van der Waals surface area contributed by atoms with Gasteiger partial charge in [0.2, 0.25) is 5.91 Å². The fourth-order valence-electron chi connectivity index (χ4n) is 3.71. The molecule has 0 N–H and O–H groups in total. The lowest BCUT2D eigenvalue weighted by atomic mass is 9.94. The van der Waals surface area contributed by atoms with Crippen LogP contribution in [0.25, 0.3) is 0 Å². The molecule has 1 aliphatic heterocycles. The summed E-state index contributed by atoms with van der Waals surface area (Å²) < 4.78 is 0. The van der Waals surface area contributed by atoms with Gasteiger partial charge in [-0.05, 0) is 63.0 Å². The van der Waals surface area contributed by atoms with Gasteiger partial charge >= 0.3 is 0 Å². The Bertz CT molecular complexity index is 697. The van der Waals surface area contributed by atoms with Crippen LogP contribution in [0.1, 0.15) is 48.5 Å². The number of nitrogens with zero attached hydrogens (tertiary/aromatic N) is 3. The highest BCUT2D eigenvalue weighted by molar-refractivity contribution is 5.77. The van der Waals surface area contributed by atoms with Crippen molar-refractivity contribution in [1.82, 2.24) is 14.8 Å². The van der Waals surface area contributed by atoms with Crippen LogP contribution >= 0.6 is 0 Å². The van der Waals surface area contributed by atoms with Crippen molar-refractivity contribution in [2.24, 2.45) is 0 Å². The largest absolute Gasteiger partial charge is 0.336 e. The molecular formula is C22H29N3O. The molecule has 26 heavy (non-hydrogen) atoms. The first kappa shape index (κ1) is 18.6. The number of amides is 1. The van der Waals surface area contributed by atoms with E-state index in [0.29, 0.717) is 12.8 Å². The summed E-state index contributed by atoms with van der Waals surface area (Å²) in [6, 6.07) is 14.9. The van der Waals surface area contributed by atoms with Gasteiger partial charge in [0, 0.05) is 31.4 Å². The molecule has 1 aromatic carbocycles. The fraction of sp³-hybridized carbons (Fsp3) is 0.455. The van der Waals surface area contributed by atoms with E-state index in [2.05, 4.69) is 53.1 Å². The molecule has 0 bridgehead atoms. The number of carbonyl (C=O) groups is 1. The Hall–Kier alpha value is -2.20. The van der Waals surface area contributed by atoms with Crippen molar-refractivity contribution in [3.8, 4) is 0 Å². The summed E-state index contributed by atoms with van der Waals surface area (Å²) in [6.07, 6.45) is 6.39. The van der Waals surface area contributed by atoms with E-state index >= 15 is 0 Å². The lowest BCUT2D eigenvalue weighted by Crippen LogP contribution is -2.38. The number of carbonyl (C=O) groups excluding carboxylic acids is 1. The third-order valence-corrected chi connectivity index (χ3v) is 5.01. The van der Waals surface area contributed by atoms with Crippen molar-refractivity contribution < 1.29 is 4.79 Å². The molecule has 0 unspecified atom stereocenters. The molecular weight excluding hydrogens is 322 g/mol. The van der Waals surface area contributed by atoms with Crippen molar-refractivity contribution in [3.05, 3.63) is 65.5 Å². The first-order chi connectivity index (χ1) is 12.6. The highest BCUT2D eigenvalue weighted by atomic mass is 16.2. The second-order valence-electron chi connectivity index (χ2n) is 7.40. The van der Waals surface area contributed by atoms with Crippen molar-refractivity contribution in [2.45, 2.75) is 44.7 Å². The number of hydrogen-bond acceptors (Lipinski definition) is 3. The van der Waals surface area contributed by atoms with Gasteiger partial charge in [-0.25, -0.2) is 0 Å². The van der Waals surface area contributed by atoms with E-state index in [1.165, 1.54) is 17.5 Å². The zero-order valence-electron chi connectivity index (χ0n) is 15.9. The summed E-state index contributed by atoms with van der Waals surface area (Å²) in [6.45, 7) is 1.81. The quantitative estimate of drug-likeness (QED) is 0.794. The van der Waals surface area contributed by atoms with Gasteiger partial charge in [0.05, 0.1) is 6.04 Å². The number of likely N-dealkylation sites (tertiary alicyclic amines) is 1. The Morgan fingerprint density at radius 3 is 2.65 bits per heavy atom. The summed E-state index contributed by atoms with van der Waals surface area (Å²) >= 11 is 0. The minimum Gasteiger partial charge on any atom is -0.336 e. The highest BCUT2D eigenvalue weighted by Crippen LogP contribution is 2.31. The summed E-state index contributed by atoms with van der Waals surface area (Å²) in [7, 11) is 4.16. The van der Waals surface area contributed by atoms with Gasteiger partial charge in [-0.1, -0.05) is 30.3 Å². The monoisotopic (exact) mass is 351 g/mol. The molecule has 0 aliphatic carbocycles. The third-order valence-electron chi connectivity index (χ3n) is 5.01. The lowest BCUT2D eigenvalue weighted by Gasteiger charge is -2.36. The van der Waals surface area contributed by atoms with Gasteiger partial charge in [0.25, 0.3) is 0 Å². The molecule has 0 spiro atoms. The standard InChI is InChI=1S/C22H29N3O/c1-24(2)17-18-9-11-19(12-10-18)21-8-4-6-16-25(21)22(26)14-13-20-7-3-5-15-23-20/h3,5,7,9-12,15,21H,4,6,8,13-14,16-17H2,1-2H3/t21-/m1/s1. The number of piperidine rings is 1. The van der Waals surface area contributed by atoms with E-state index in [4.69, 9.17) is 0 Å². The summed E-state index contributed by atoms with van der Waals surface area (Å²) in [5.41, 5.74) is 3.56. The fourth-order valence-corrected chi connectivity index (χ4v) is 3.71. The van der Waals surface area contributed by atoms with Crippen molar-refractivity contribution in [3.63, 3.8) is 0 Å². The first-order valence-electron chi connectivity index (χ1n) is 9.56. The van der Waals surface area contributed by atoms with Gasteiger partial charge in [0.15, 0.2) is 0 Å². The molecule has 2 aromatic rings. The molecule has 4 nitrogen and oxygen atoms in total. The SMILES string of the molecule is CN(C)Cc1ccc([C@H]2CCCCN2C(=O)CCc2ccccn2)cc1. The highest BCUT2D eigenvalue weighted by Gasteiger charge is 2.27. The Labute approximate surface area is 156 Å². The number of aromatic nitrogens is 1. The molecule has 1 amide bonds. The molecule has 1 aliphatic rings. The van der Waals surface area contributed by atoms with E-state index in [1.807, 2.05) is 18.2 Å². The van der Waals surface area contributed by atoms with Crippen LogP contribution < -0.4 is 0 Å². The first-order valence-corrected chi connectivity index (χ1v) is 9.56. The Kier molecular flexibility index (Phi) is 6.40. The topological polar surface area (TPSA) is 36.4 Å². The number of hydrogen-bond donors (Lipinski definition) is 0. The summed E-state index contributed by atoms with van der Waals surface area (Å²) in [5, 5.41) is 0. The third kappa shape index (κ3) is 4.92. The molecule has 3 rings (SSSR count). The lowest BCUT2D eigenvalue weighted by molar-refractivity contribution is -0.135. The Morgan fingerprint density at radius 1 is 1.15 bits per heavy atom. The van der Waals surface area contributed by atoms with Crippen molar-refractivity contribution >= 4 is 5.91 Å². The van der Waals surface area contributed by atoms with Crippen LogP contribution in [0, 0.1) is 0 Å². The van der Waals surface area contributed by atoms with E-state index < -0.39 is 0 Å². The number of aryl methyl sites for hydroxylation is 1. The van der Waals surface area contributed by atoms with Gasteiger partial charge in [-0.3, -0.25) is 9.78 Å². The van der Waals surface area contributed by atoms with Gasteiger partial charge in [-0.15, -0.1) is 0 Å². The van der Waals surface area contributed by atoms with Gasteiger partial charge in [0.1, 0.15) is 0 Å². The second kappa shape index (κ2) is 8.95. The molecule has 1 saturated heterocycles. The Balaban J connectivity index is 1.66. The zero-order chi connectivity index (χ0) is 18.4. The smallest absolute Gasteiger partial charge is 0.223 e. The van der Waals surface area contributed by atoms with Crippen LogP contribution in [0.4, 0.5) is 0 Å². The van der Waals surface area contributed by atoms with E-state index in [1.54, 1.807) is 6.20 Å². The maximum absolute atomic E-state index is 12.9. The zero-order valence-corrected chi connectivity index (χ0v) is 15.9. The minimum absolute atomic E-state index is 0.216. The van der Waals surface area contributed by atoms with Crippen LogP contribution in [-0.4, -0.2) is 41.3 Å². The molecule has 138 valence electrons. The van der Waals surface area contributed by atoms with Gasteiger partial charge < -0.3 is 9.80 Å².